The second-order valence-electron chi connectivity index (χ2n) is 3.04. The predicted octanol–water partition coefficient (Wildman–Crippen LogP) is 1.87. The molecule has 0 saturated carbocycles. The maximum atomic E-state index is 12.8. The third kappa shape index (κ3) is 1.46. The number of benzene rings is 1. The molecule has 0 aliphatic heterocycles. The molecule has 14 heavy (non-hydrogen) atoms. The number of rotatable bonds is 2. The smallest absolute Gasteiger partial charge is 0.323 e. The molecule has 0 amide bonds. The lowest BCUT2D eigenvalue weighted by atomic mass is 10.2. The van der Waals surface area contributed by atoms with E-state index >= 15 is 0 Å². The Balaban J connectivity index is 2.52. The summed E-state index contributed by atoms with van der Waals surface area (Å²) in [5.41, 5.74) is 0.730. The molecule has 0 unspecified atom stereocenters. The minimum absolute atomic E-state index is 0.102. The number of hydrogen-bond donors (Lipinski definition) is 1. The fraction of sp³-hybridized carbons (Fsp3) is 0.100. The minimum Gasteiger partial charge on any atom is -0.480 e. The van der Waals surface area contributed by atoms with Crippen LogP contribution in [0.4, 0.5) is 4.39 Å². The van der Waals surface area contributed by atoms with Gasteiger partial charge in [-0.15, -0.1) is 0 Å². The van der Waals surface area contributed by atoms with Gasteiger partial charge in [0, 0.05) is 17.1 Å². The summed E-state index contributed by atoms with van der Waals surface area (Å²) in [6.45, 7) is -0.102. The monoisotopic (exact) mass is 193 g/mol. The summed E-state index contributed by atoms with van der Waals surface area (Å²) in [4.78, 5) is 10.5. The van der Waals surface area contributed by atoms with Gasteiger partial charge in [-0.1, -0.05) is 0 Å². The van der Waals surface area contributed by atoms with Gasteiger partial charge in [-0.3, -0.25) is 4.79 Å². The molecule has 0 spiro atoms. The molecule has 1 heterocycles. The molecule has 0 fully saturated rings. The summed E-state index contributed by atoms with van der Waals surface area (Å²) in [6.07, 6.45) is 1.64. The molecule has 0 saturated heterocycles. The van der Waals surface area contributed by atoms with Crippen molar-refractivity contribution < 1.29 is 14.3 Å². The Morgan fingerprint density at radius 3 is 2.93 bits per heavy atom. The van der Waals surface area contributed by atoms with E-state index in [1.807, 2.05) is 0 Å². The third-order valence-electron chi connectivity index (χ3n) is 2.04. The Morgan fingerprint density at radius 1 is 1.43 bits per heavy atom. The average molecular weight is 193 g/mol. The van der Waals surface area contributed by atoms with Crippen molar-refractivity contribution >= 4 is 16.9 Å². The van der Waals surface area contributed by atoms with E-state index < -0.39 is 5.97 Å². The number of fused-ring (bicyclic) bond motifs is 1. The van der Waals surface area contributed by atoms with Gasteiger partial charge >= 0.3 is 5.97 Å². The first kappa shape index (κ1) is 8.74. The number of carboxylic acid groups (broad SMARTS) is 1. The second kappa shape index (κ2) is 3.14. The average Bonchev–Trinajstić information content (AvgIpc) is 2.47. The van der Waals surface area contributed by atoms with Crippen molar-refractivity contribution in [2.75, 3.05) is 0 Å². The van der Waals surface area contributed by atoms with Gasteiger partial charge in [0.2, 0.25) is 0 Å². The number of carboxylic acids is 1. The zero-order valence-corrected chi connectivity index (χ0v) is 7.27. The molecule has 0 aliphatic carbocycles. The van der Waals surface area contributed by atoms with Gasteiger partial charge in [-0.2, -0.15) is 0 Å². The van der Waals surface area contributed by atoms with Gasteiger partial charge in [0.05, 0.1) is 0 Å². The molecule has 1 aromatic heterocycles. The molecule has 3 nitrogen and oxygen atoms in total. The van der Waals surface area contributed by atoms with Crippen LogP contribution in [0.15, 0.2) is 30.5 Å². The Bertz CT molecular complexity index is 490. The molecule has 4 heteroatoms. The fourth-order valence-electron chi connectivity index (χ4n) is 1.45. The number of hydrogen-bond acceptors (Lipinski definition) is 1. The normalized spacial score (nSPS) is 10.6. The third-order valence-corrected chi connectivity index (χ3v) is 2.04. The van der Waals surface area contributed by atoms with Crippen LogP contribution in [-0.2, 0) is 11.3 Å². The van der Waals surface area contributed by atoms with E-state index in [-0.39, 0.29) is 12.4 Å². The molecular weight excluding hydrogens is 185 g/mol. The van der Waals surface area contributed by atoms with E-state index in [0.29, 0.717) is 5.39 Å². The molecule has 1 N–H and O–H groups in total. The highest BCUT2D eigenvalue weighted by Gasteiger charge is 2.04. The molecule has 2 aromatic rings. The van der Waals surface area contributed by atoms with Gasteiger partial charge in [0.15, 0.2) is 0 Å². The van der Waals surface area contributed by atoms with Crippen LogP contribution in [0.25, 0.3) is 10.9 Å². The van der Waals surface area contributed by atoms with E-state index in [0.717, 1.165) is 5.52 Å². The van der Waals surface area contributed by atoms with E-state index in [1.165, 1.54) is 12.1 Å². The van der Waals surface area contributed by atoms with Crippen LogP contribution in [0.2, 0.25) is 0 Å². The molecule has 0 aliphatic rings. The lowest BCUT2D eigenvalue weighted by Crippen LogP contribution is -2.07. The maximum Gasteiger partial charge on any atom is 0.323 e. The summed E-state index contributed by atoms with van der Waals surface area (Å²) in [5.74, 6) is -1.22. The summed E-state index contributed by atoms with van der Waals surface area (Å²) >= 11 is 0. The number of halogens is 1. The fourth-order valence-corrected chi connectivity index (χ4v) is 1.45. The van der Waals surface area contributed by atoms with Crippen LogP contribution in [-0.4, -0.2) is 15.6 Å². The number of nitrogens with zero attached hydrogens (tertiary/aromatic N) is 1. The second-order valence-corrected chi connectivity index (χ2v) is 3.04. The Morgan fingerprint density at radius 2 is 2.21 bits per heavy atom. The minimum atomic E-state index is -0.910. The van der Waals surface area contributed by atoms with Crippen molar-refractivity contribution in [1.82, 2.24) is 4.57 Å². The lowest BCUT2D eigenvalue weighted by Gasteiger charge is -2.00. The van der Waals surface area contributed by atoms with Gasteiger partial charge in [-0.25, -0.2) is 4.39 Å². The molecular formula is C10H8FNO2. The molecule has 2 rings (SSSR count). The van der Waals surface area contributed by atoms with E-state index in [9.17, 15) is 9.18 Å². The van der Waals surface area contributed by atoms with E-state index in [4.69, 9.17) is 5.11 Å². The molecule has 0 bridgehead atoms. The lowest BCUT2D eigenvalue weighted by molar-refractivity contribution is -0.137. The highest BCUT2D eigenvalue weighted by atomic mass is 19.1. The summed E-state index contributed by atoms with van der Waals surface area (Å²) in [5, 5.41) is 9.32. The summed E-state index contributed by atoms with van der Waals surface area (Å²) in [6, 6.07) is 5.98. The van der Waals surface area contributed by atoms with Gasteiger partial charge in [0.25, 0.3) is 0 Å². The molecule has 0 radical (unpaired) electrons. The van der Waals surface area contributed by atoms with E-state index in [1.54, 1.807) is 22.9 Å². The standard InChI is InChI=1S/C10H8FNO2/c11-8-1-2-9-7(5-8)3-4-12(9)6-10(13)14/h1-5H,6H2,(H,13,14). The summed E-state index contributed by atoms with van der Waals surface area (Å²) in [7, 11) is 0. The molecule has 72 valence electrons. The SMILES string of the molecule is O=C(O)Cn1ccc2cc(F)ccc21. The van der Waals surface area contributed by atoms with Crippen LogP contribution >= 0.6 is 0 Å². The van der Waals surface area contributed by atoms with Crippen LogP contribution < -0.4 is 0 Å². The van der Waals surface area contributed by atoms with Crippen molar-refractivity contribution in [2.24, 2.45) is 0 Å². The largest absolute Gasteiger partial charge is 0.480 e. The zero-order chi connectivity index (χ0) is 10.1. The number of aromatic nitrogens is 1. The quantitative estimate of drug-likeness (QED) is 0.791. The molecule has 0 atom stereocenters. The predicted molar refractivity (Wildman–Crippen MR) is 49.5 cm³/mol. The van der Waals surface area contributed by atoms with Crippen molar-refractivity contribution in [3.8, 4) is 0 Å². The Labute approximate surface area is 79.4 Å². The van der Waals surface area contributed by atoms with Crippen molar-refractivity contribution in [2.45, 2.75) is 6.54 Å². The topological polar surface area (TPSA) is 42.2 Å². The summed E-state index contributed by atoms with van der Waals surface area (Å²) < 4.78 is 14.3. The van der Waals surface area contributed by atoms with Crippen LogP contribution in [0.5, 0.6) is 0 Å². The first-order chi connectivity index (χ1) is 6.66. The van der Waals surface area contributed by atoms with Crippen molar-refractivity contribution in [3.05, 3.63) is 36.3 Å². The van der Waals surface area contributed by atoms with Crippen molar-refractivity contribution in [3.63, 3.8) is 0 Å². The maximum absolute atomic E-state index is 12.8. The van der Waals surface area contributed by atoms with Crippen molar-refractivity contribution in [1.29, 1.82) is 0 Å². The van der Waals surface area contributed by atoms with Crippen LogP contribution in [0, 0.1) is 5.82 Å². The van der Waals surface area contributed by atoms with E-state index in [2.05, 4.69) is 0 Å². The van der Waals surface area contributed by atoms with Gasteiger partial charge in [-0.05, 0) is 24.3 Å². The zero-order valence-electron chi connectivity index (χ0n) is 7.27. The van der Waals surface area contributed by atoms with Gasteiger partial charge < -0.3 is 9.67 Å². The first-order valence-electron chi connectivity index (χ1n) is 4.13. The number of aliphatic carboxylic acids is 1. The van der Waals surface area contributed by atoms with Crippen LogP contribution in [0.1, 0.15) is 0 Å². The van der Waals surface area contributed by atoms with Crippen LogP contribution in [0.3, 0.4) is 0 Å². The number of carbonyl (C=O) groups is 1. The Kier molecular flexibility index (Phi) is 1.96. The highest BCUT2D eigenvalue weighted by molar-refractivity contribution is 5.81. The Hall–Kier alpha value is -1.84. The molecule has 1 aromatic carbocycles. The highest BCUT2D eigenvalue weighted by Crippen LogP contribution is 2.16. The first-order valence-corrected chi connectivity index (χ1v) is 4.13. The van der Waals surface area contributed by atoms with Gasteiger partial charge in [0.1, 0.15) is 12.4 Å².